The number of ketones is 1. The molecule has 1 aliphatic heterocycles. The molecule has 1 amide bonds. The van der Waals surface area contributed by atoms with Crippen LogP contribution >= 0.6 is 0 Å². The molecule has 1 aromatic carbocycles. The maximum atomic E-state index is 11.9. The van der Waals surface area contributed by atoms with Crippen molar-refractivity contribution in [3.63, 3.8) is 0 Å². The van der Waals surface area contributed by atoms with Gasteiger partial charge in [-0.25, -0.2) is 0 Å². The minimum absolute atomic E-state index is 0.391. The number of carbonyl (C=O) groups excluding carboxylic acids is 2. The maximum absolute atomic E-state index is 11.9. The molecule has 4 nitrogen and oxygen atoms in total. The lowest BCUT2D eigenvalue weighted by atomic mass is 10.1. The van der Waals surface area contributed by atoms with Crippen LogP contribution in [0.5, 0.6) is 0 Å². The largest absolute Gasteiger partial charge is 0.385 e. The number of carbonyl (C=O) groups is 2. The first-order valence-electron chi connectivity index (χ1n) is 6.17. The molecule has 96 valence electrons. The number of hydrogen-bond donors (Lipinski definition) is 0. The van der Waals surface area contributed by atoms with Gasteiger partial charge in [-0.1, -0.05) is 13.0 Å². The molecule has 1 heterocycles. The second-order valence-corrected chi connectivity index (χ2v) is 4.34. The Morgan fingerprint density at radius 2 is 2.06 bits per heavy atom. The molecule has 0 fully saturated rings. The predicted molar refractivity (Wildman–Crippen MR) is 69.0 cm³/mol. The second kappa shape index (κ2) is 5.31. The fraction of sp³-hybridized carbons (Fsp3) is 0.429. The van der Waals surface area contributed by atoms with E-state index in [2.05, 4.69) is 0 Å². The van der Waals surface area contributed by atoms with Crippen LogP contribution in [-0.2, 0) is 16.0 Å². The fourth-order valence-electron chi connectivity index (χ4n) is 2.16. The number of aryl methyl sites for hydroxylation is 1. The van der Waals surface area contributed by atoms with E-state index in [-0.39, 0.29) is 0 Å². The number of ether oxygens (including phenoxy) is 1. The van der Waals surface area contributed by atoms with Crippen LogP contribution in [0.25, 0.3) is 0 Å². The Morgan fingerprint density at radius 1 is 1.28 bits per heavy atom. The molecule has 0 aromatic heterocycles. The Morgan fingerprint density at radius 3 is 2.72 bits per heavy atom. The number of amides is 1. The topological polar surface area (TPSA) is 46.6 Å². The third kappa shape index (κ3) is 2.16. The fourth-order valence-corrected chi connectivity index (χ4v) is 2.16. The Balaban J connectivity index is 2.26. The molecule has 0 aliphatic carbocycles. The van der Waals surface area contributed by atoms with Crippen molar-refractivity contribution >= 4 is 17.4 Å². The maximum Gasteiger partial charge on any atom is 0.299 e. The number of Topliss-reactive ketones (excluding diaryl/α,β-unsaturated/α-hetero) is 1. The first-order chi connectivity index (χ1) is 8.69. The molecule has 0 atom stereocenters. The van der Waals surface area contributed by atoms with Crippen molar-refractivity contribution in [2.75, 3.05) is 25.2 Å². The smallest absolute Gasteiger partial charge is 0.299 e. The van der Waals surface area contributed by atoms with Gasteiger partial charge >= 0.3 is 0 Å². The summed E-state index contributed by atoms with van der Waals surface area (Å²) in [5.74, 6) is -0.813. The summed E-state index contributed by atoms with van der Waals surface area (Å²) in [4.78, 5) is 25.3. The van der Waals surface area contributed by atoms with E-state index in [9.17, 15) is 9.59 Å². The Hall–Kier alpha value is -1.68. The number of methoxy groups -OCH3 is 1. The van der Waals surface area contributed by atoms with Gasteiger partial charge in [0, 0.05) is 20.3 Å². The van der Waals surface area contributed by atoms with Crippen molar-refractivity contribution in [3.8, 4) is 0 Å². The molecule has 0 unspecified atom stereocenters. The van der Waals surface area contributed by atoms with E-state index < -0.39 is 11.7 Å². The molecule has 0 saturated carbocycles. The van der Waals surface area contributed by atoms with Crippen LogP contribution in [0.15, 0.2) is 18.2 Å². The number of hydrogen-bond acceptors (Lipinski definition) is 3. The van der Waals surface area contributed by atoms with Gasteiger partial charge in [0.15, 0.2) is 0 Å². The lowest BCUT2D eigenvalue weighted by molar-refractivity contribution is -0.114. The Labute approximate surface area is 107 Å². The van der Waals surface area contributed by atoms with E-state index in [1.165, 1.54) is 0 Å². The molecule has 2 rings (SSSR count). The second-order valence-electron chi connectivity index (χ2n) is 4.34. The van der Waals surface area contributed by atoms with E-state index in [0.717, 1.165) is 24.1 Å². The molecule has 18 heavy (non-hydrogen) atoms. The zero-order valence-corrected chi connectivity index (χ0v) is 10.7. The summed E-state index contributed by atoms with van der Waals surface area (Å²) in [6.07, 6.45) is 1.59. The third-order valence-corrected chi connectivity index (χ3v) is 3.17. The summed E-state index contributed by atoms with van der Waals surface area (Å²) >= 11 is 0. The van der Waals surface area contributed by atoms with Gasteiger partial charge < -0.3 is 9.64 Å². The van der Waals surface area contributed by atoms with E-state index in [1.54, 1.807) is 12.0 Å². The molecular formula is C14H17NO3. The molecule has 1 aromatic rings. The Kier molecular flexibility index (Phi) is 3.77. The number of fused-ring (bicyclic) bond motifs is 1. The van der Waals surface area contributed by atoms with Crippen LogP contribution in [0.4, 0.5) is 5.69 Å². The van der Waals surface area contributed by atoms with Gasteiger partial charge in [-0.2, -0.15) is 0 Å². The SMILES string of the molecule is CCc1ccc2c(c1)C(=O)C(=O)N2CCCOC. The van der Waals surface area contributed by atoms with Gasteiger partial charge in [0.1, 0.15) is 0 Å². The van der Waals surface area contributed by atoms with Crippen LogP contribution in [0.2, 0.25) is 0 Å². The van der Waals surface area contributed by atoms with Gasteiger partial charge in [-0.15, -0.1) is 0 Å². The summed E-state index contributed by atoms with van der Waals surface area (Å²) < 4.78 is 4.97. The average Bonchev–Trinajstić information content (AvgIpc) is 2.63. The van der Waals surface area contributed by atoms with E-state index >= 15 is 0 Å². The number of anilines is 1. The highest BCUT2D eigenvalue weighted by Gasteiger charge is 2.35. The monoisotopic (exact) mass is 247 g/mol. The highest BCUT2D eigenvalue weighted by Crippen LogP contribution is 2.29. The lowest BCUT2D eigenvalue weighted by Crippen LogP contribution is -2.31. The number of nitrogens with zero attached hydrogens (tertiary/aromatic N) is 1. The van der Waals surface area contributed by atoms with Gasteiger partial charge in [0.05, 0.1) is 11.3 Å². The van der Waals surface area contributed by atoms with Crippen LogP contribution < -0.4 is 4.90 Å². The molecule has 0 radical (unpaired) electrons. The molecule has 0 N–H and O–H groups in total. The minimum Gasteiger partial charge on any atom is -0.385 e. The van der Waals surface area contributed by atoms with Crippen molar-refractivity contribution in [1.82, 2.24) is 0 Å². The highest BCUT2D eigenvalue weighted by molar-refractivity contribution is 6.52. The zero-order chi connectivity index (χ0) is 13.1. The lowest BCUT2D eigenvalue weighted by Gasteiger charge is -2.16. The summed E-state index contributed by atoms with van der Waals surface area (Å²) in [5.41, 5.74) is 2.35. The quantitative estimate of drug-likeness (QED) is 0.589. The van der Waals surface area contributed by atoms with Crippen LogP contribution in [-0.4, -0.2) is 32.0 Å². The first kappa shape index (κ1) is 12.8. The van der Waals surface area contributed by atoms with Gasteiger partial charge in [0.2, 0.25) is 0 Å². The van der Waals surface area contributed by atoms with E-state index in [4.69, 9.17) is 4.74 Å². The summed E-state index contributed by atoms with van der Waals surface area (Å²) in [7, 11) is 1.62. The molecule has 0 bridgehead atoms. The normalized spacial score (nSPS) is 14.2. The third-order valence-electron chi connectivity index (χ3n) is 3.17. The first-order valence-corrected chi connectivity index (χ1v) is 6.17. The molecule has 1 aliphatic rings. The standard InChI is InChI=1S/C14H17NO3/c1-3-10-5-6-12-11(9-10)13(16)14(17)15(12)7-4-8-18-2/h5-6,9H,3-4,7-8H2,1-2H3. The van der Waals surface area contributed by atoms with Crippen LogP contribution in [0, 0.1) is 0 Å². The van der Waals surface area contributed by atoms with Crippen molar-refractivity contribution in [3.05, 3.63) is 29.3 Å². The van der Waals surface area contributed by atoms with Crippen molar-refractivity contribution in [2.45, 2.75) is 19.8 Å². The number of rotatable bonds is 5. The molecular weight excluding hydrogens is 230 g/mol. The van der Waals surface area contributed by atoms with Crippen molar-refractivity contribution < 1.29 is 14.3 Å². The molecule has 4 heteroatoms. The summed E-state index contributed by atoms with van der Waals surface area (Å²) in [6, 6.07) is 5.66. The highest BCUT2D eigenvalue weighted by atomic mass is 16.5. The minimum atomic E-state index is -0.422. The van der Waals surface area contributed by atoms with Crippen LogP contribution in [0.3, 0.4) is 0 Å². The van der Waals surface area contributed by atoms with Gasteiger partial charge in [-0.05, 0) is 30.5 Å². The zero-order valence-electron chi connectivity index (χ0n) is 10.7. The van der Waals surface area contributed by atoms with Crippen molar-refractivity contribution in [1.29, 1.82) is 0 Å². The van der Waals surface area contributed by atoms with Crippen molar-refractivity contribution in [2.24, 2.45) is 0 Å². The predicted octanol–water partition coefficient (Wildman–Crippen LogP) is 1.81. The Bertz CT molecular complexity index is 482. The van der Waals surface area contributed by atoms with Gasteiger partial charge in [-0.3, -0.25) is 9.59 Å². The summed E-state index contributed by atoms with van der Waals surface area (Å²) in [6.45, 7) is 3.14. The summed E-state index contributed by atoms with van der Waals surface area (Å²) in [5, 5.41) is 0. The van der Waals surface area contributed by atoms with E-state index in [0.29, 0.717) is 18.7 Å². The molecule has 0 spiro atoms. The van der Waals surface area contributed by atoms with Gasteiger partial charge in [0.25, 0.3) is 11.7 Å². The van der Waals surface area contributed by atoms with Crippen LogP contribution in [0.1, 0.15) is 29.3 Å². The molecule has 0 saturated heterocycles. The van der Waals surface area contributed by atoms with E-state index in [1.807, 2.05) is 25.1 Å². The number of benzene rings is 1. The average molecular weight is 247 g/mol.